The van der Waals surface area contributed by atoms with Crippen LogP contribution in [-0.4, -0.2) is 44.1 Å². The minimum Gasteiger partial charge on any atom is -0.369 e. The van der Waals surface area contributed by atoms with Gasteiger partial charge in [0.15, 0.2) is 5.95 Å². The van der Waals surface area contributed by atoms with Crippen molar-refractivity contribution in [3.05, 3.63) is 28.1 Å². The van der Waals surface area contributed by atoms with Gasteiger partial charge >= 0.3 is 0 Å². The average molecular weight is 340 g/mol. The molecule has 2 aliphatic heterocycles. The van der Waals surface area contributed by atoms with E-state index in [1.807, 2.05) is 0 Å². The van der Waals surface area contributed by atoms with Gasteiger partial charge in [-0.2, -0.15) is 0 Å². The highest BCUT2D eigenvalue weighted by atomic mass is 79.9. The van der Waals surface area contributed by atoms with Crippen LogP contribution in [0.2, 0.25) is 0 Å². The number of imidazole rings is 1. The zero-order valence-corrected chi connectivity index (χ0v) is 11.6. The SMILES string of the molecule is Nc1ncc(C=C2CNC(=O)[C@]3(O)C=C(Br)C(=O)N23)[nH]1. The first kappa shape index (κ1) is 12.9. The number of fused-ring (bicyclic) bond motifs is 1. The van der Waals surface area contributed by atoms with Crippen molar-refractivity contribution in [1.29, 1.82) is 0 Å². The second-order valence-corrected chi connectivity index (χ2v) is 5.26. The molecule has 20 heavy (non-hydrogen) atoms. The Morgan fingerprint density at radius 1 is 1.55 bits per heavy atom. The van der Waals surface area contributed by atoms with Gasteiger partial charge in [-0.15, -0.1) is 0 Å². The van der Waals surface area contributed by atoms with Crippen molar-refractivity contribution in [3.8, 4) is 0 Å². The number of nitrogens with two attached hydrogens (primary N) is 1. The molecule has 0 radical (unpaired) electrons. The number of hydrogen-bond donors (Lipinski definition) is 4. The number of halogens is 1. The van der Waals surface area contributed by atoms with E-state index in [4.69, 9.17) is 5.73 Å². The summed E-state index contributed by atoms with van der Waals surface area (Å²) < 4.78 is 0.132. The van der Waals surface area contributed by atoms with Crippen molar-refractivity contribution in [3.63, 3.8) is 0 Å². The standard InChI is InChI=1S/C11H10BrN5O3/c12-7-2-11(20)9(19)14-4-6(17(11)8(7)18)1-5-3-15-10(13)16-5/h1-3,20H,4H2,(H,14,19)(H3,13,15,16)/t11-/m1/s1. The number of piperazine rings is 1. The number of aliphatic hydroxyl groups is 1. The van der Waals surface area contributed by atoms with E-state index in [0.717, 1.165) is 4.90 Å². The summed E-state index contributed by atoms with van der Waals surface area (Å²) in [6.45, 7) is 0.111. The van der Waals surface area contributed by atoms with Crippen LogP contribution in [0.15, 0.2) is 22.5 Å². The molecule has 9 heteroatoms. The number of hydrogen-bond acceptors (Lipinski definition) is 5. The molecule has 0 unspecified atom stereocenters. The summed E-state index contributed by atoms with van der Waals surface area (Å²) in [4.78, 5) is 31.5. The molecule has 2 aliphatic rings. The molecule has 2 amide bonds. The van der Waals surface area contributed by atoms with Gasteiger partial charge in [-0.1, -0.05) is 0 Å². The summed E-state index contributed by atoms with van der Waals surface area (Å²) in [5.41, 5.74) is 4.45. The maximum absolute atomic E-state index is 12.1. The molecule has 1 atom stereocenters. The number of anilines is 1. The van der Waals surface area contributed by atoms with Crippen LogP contribution in [0, 0.1) is 0 Å². The minimum absolute atomic E-state index is 0.111. The van der Waals surface area contributed by atoms with Crippen molar-refractivity contribution in [2.75, 3.05) is 12.3 Å². The lowest BCUT2D eigenvalue weighted by Gasteiger charge is -2.37. The maximum Gasteiger partial charge on any atom is 0.278 e. The van der Waals surface area contributed by atoms with Crippen LogP contribution in [0.1, 0.15) is 5.69 Å². The fourth-order valence-corrected chi connectivity index (χ4v) is 2.68. The summed E-state index contributed by atoms with van der Waals surface area (Å²) in [6, 6.07) is 0. The van der Waals surface area contributed by atoms with Crippen LogP contribution in [0.3, 0.4) is 0 Å². The third-order valence-electron chi connectivity index (χ3n) is 3.06. The molecule has 1 aromatic rings. The molecule has 5 N–H and O–H groups in total. The Labute approximate surface area is 121 Å². The fraction of sp³-hybridized carbons (Fsp3) is 0.182. The van der Waals surface area contributed by atoms with Gasteiger partial charge in [0.2, 0.25) is 5.72 Å². The quantitative estimate of drug-likeness (QED) is 0.537. The van der Waals surface area contributed by atoms with Crippen LogP contribution in [0.25, 0.3) is 6.08 Å². The molecule has 1 fully saturated rings. The molecule has 0 aliphatic carbocycles. The highest BCUT2D eigenvalue weighted by Crippen LogP contribution is 2.35. The summed E-state index contributed by atoms with van der Waals surface area (Å²) in [7, 11) is 0. The van der Waals surface area contributed by atoms with Gasteiger partial charge in [0, 0.05) is 5.70 Å². The van der Waals surface area contributed by atoms with Crippen LogP contribution < -0.4 is 11.1 Å². The molecule has 0 bridgehead atoms. The zero-order valence-electron chi connectivity index (χ0n) is 10.1. The molecule has 0 spiro atoms. The first-order valence-electron chi connectivity index (χ1n) is 5.66. The van der Waals surface area contributed by atoms with Crippen molar-refractivity contribution in [1.82, 2.24) is 20.2 Å². The third kappa shape index (κ3) is 1.74. The van der Waals surface area contributed by atoms with Crippen LogP contribution in [0.4, 0.5) is 5.95 Å². The van der Waals surface area contributed by atoms with E-state index in [1.54, 1.807) is 6.08 Å². The molecule has 104 valence electrons. The van der Waals surface area contributed by atoms with Crippen molar-refractivity contribution in [2.45, 2.75) is 5.72 Å². The minimum atomic E-state index is -2.01. The second kappa shape index (κ2) is 4.18. The maximum atomic E-state index is 12.1. The van der Waals surface area contributed by atoms with E-state index in [0.29, 0.717) is 11.4 Å². The highest BCUT2D eigenvalue weighted by Gasteiger charge is 2.53. The third-order valence-corrected chi connectivity index (χ3v) is 3.63. The second-order valence-electron chi connectivity index (χ2n) is 4.40. The van der Waals surface area contributed by atoms with Gasteiger partial charge in [0.05, 0.1) is 22.9 Å². The number of carbonyl (C=O) groups excluding carboxylic acids is 2. The average Bonchev–Trinajstić information content (AvgIpc) is 2.88. The fourth-order valence-electron chi connectivity index (χ4n) is 2.18. The topological polar surface area (TPSA) is 124 Å². The molecule has 1 aromatic heterocycles. The highest BCUT2D eigenvalue weighted by molar-refractivity contribution is 9.12. The van der Waals surface area contributed by atoms with Crippen LogP contribution in [0.5, 0.6) is 0 Å². The van der Waals surface area contributed by atoms with E-state index in [-0.39, 0.29) is 17.0 Å². The number of carbonyl (C=O) groups is 2. The Morgan fingerprint density at radius 3 is 2.95 bits per heavy atom. The summed E-state index contributed by atoms with van der Waals surface area (Å²) in [5.74, 6) is -0.901. The van der Waals surface area contributed by atoms with Gasteiger partial charge in [-0.3, -0.25) is 14.5 Å². The number of amides is 2. The summed E-state index contributed by atoms with van der Waals surface area (Å²) in [6.07, 6.45) is 4.24. The Kier molecular flexibility index (Phi) is 2.69. The van der Waals surface area contributed by atoms with E-state index in [2.05, 4.69) is 31.2 Å². The zero-order chi connectivity index (χ0) is 14.5. The van der Waals surface area contributed by atoms with Crippen molar-refractivity contribution in [2.24, 2.45) is 0 Å². The molecule has 3 rings (SSSR count). The Morgan fingerprint density at radius 2 is 2.30 bits per heavy atom. The number of aromatic amines is 1. The van der Waals surface area contributed by atoms with Gasteiger partial charge in [-0.25, -0.2) is 4.98 Å². The molecular weight excluding hydrogens is 330 g/mol. The smallest absolute Gasteiger partial charge is 0.278 e. The monoisotopic (exact) mass is 339 g/mol. The number of H-pyrrole nitrogens is 1. The Hall–Kier alpha value is -2.13. The molecular formula is C11H10BrN5O3. The Balaban J connectivity index is 2.04. The lowest BCUT2D eigenvalue weighted by atomic mass is 10.1. The summed E-state index contributed by atoms with van der Waals surface area (Å²) in [5, 5.41) is 12.9. The Bertz CT molecular complexity index is 679. The van der Waals surface area contributed by atoms with Gasteiger partial charge < -0.3 is 21.1 Å². The summed E-state index contributed by atoms with van der Waals surface area (Å²) >= 11 is 3.04. The number of aromatic nitrogens is 2. The van der Waals surface area contributed by atoms with E-state index in [1.165, 1.54) is 12.3 Å². The predicted octanol–water partition coefficient (Wildman–Crippen LogP) is -0.728. The van der Waals surface area contributed by atoms with E-state index in [9.17, 15) is 14.7 Å². The van der Waals surface area contributed by atoms with Gasteiger partial charge in [0.25, 0.3) is 11.8 Å². The van der Waals surface area contributed by atoms with Gasteiger partial charge in [0.1, 0.15) is 0 Å². The van der Waals surface area contributed by atoms with Crippen molar-refractivity contribution >= 4 is 39.8 Å². The number of nitrogen functional groups attached to an aromatic ring is 1. The lowest BCUT2D eigenvalue weighted by Crippen LogP contribution is -2.61. The lowest BCUT2D eigenvalue weighted by molar-refractivity contribution is -0.159. The molecule has 0 aromatic carbocycles. The van der Waals surface area contributed by atoms with Gasteiger partial charge in [-0.05, 0) is 28.1 Å². The number of rotatable bonds is 1. The number of nitrogens with one attached hydrogen (secondary N) is 2. The normalized spacial score (nSPS) is 27.6. The first-order chi connectivity index (χ1) is 9.41. The predicted molar refractivity (Wildman–Crippen MR) is 72.8 cm³/mol. The van der Waals surface area contributed by atoms with E-state index >= 15 is 0 Å². The van der Waals surface area contributed by atoms with Crippen LogP contribution in [-0.2, 0) is 9.59 Å². The van der Waals surface area contributed by atoms with Crippen molar-refractivity contribution < 1.29 is 14.7 Å². The van der Waals surface area contributed by atoms with Crippen LogP contribution >= 0.6 is 15.9 Å². The molecule has 3 heterocycles. The molecule has 8 nitrogen and oxygen atoms in total. The number of nitrogens with zero attached hydrogens (tertiary/aromatic N) is 2. The largest absolute Gasteiger partial charge is 0.369 e. The molecule has 0 saturated carbocycles. The molecule has 1 saturated heterocycles. The van der Waals surface area contributed by atoms with E-state index < -0.39 is 17.5 Å². The first-order valence-corrected chi connectivity index (χ1v) is 6.46.